The van der Waals surface area contributed by atoms with Crippen molar-refractivity contribution < 1.29 is 14.6 Å². The molecule has 0 radical (unpaired) electrons. The molecule has 1 aromatic heterocycles. The smallest absolute Gasteiger partial charge is 0.271 e. The topological polar surface area (TPSA) is 92.3 Å². The summed E-state index contributed by atoms with van der Waals surface area (Å²) in [6, 6.07) is 8.55. The summed E-state index contributed by atoms with van der Waals surface area (Å²) in [5.41, 5.74) is -0.113. The second-order valence-corrected chi connectivity index (χ2v) is 7.03. The zero-order chi connectivity index (χ0) is 21.4. The number of ether oxygens (including phenoxy) is 1. The van der Waals surface area contributed by atoms with Gasteiger partial charge in [-0.05, 0) is 49.6 Å². The number of ketones is 1. The lowest BCUT2D eigenvalue weighted by atomic mass is 9.97. The Bertz CT molecular complexity index is 953. The molecule has 0 saturated carbocycles. The first-order chi connectivity index (χ1) is 14.0. The van der Waals surface area contributed by atoms with Crippen molar-refractivity contribution in [2.75, 3.05) is 6.61 Å². The van der Waals surface area contributed by atoms with E-state index in [1.54, 1.807) is 24.3 Å². The van der Waals surface area contributed by atoms with Gasteiger partial charge in [0.05, 0.1) is 12.2 Å². The summed E-state index contributed by atoms with van der Waals surface area (Å²) >= 11 is 0. The van der Waals surface area contributed by atoms with Crippen LogP contribution in [-0.2, 0) is 6.54 Å². The van der Waals surface area contributed by atoms with E-state index >= 15 is 0 Å². The molecule has 29 heavy (non-hydrogen) atoms. The third kappa shape index (κ3) is 5.05. The molecule has 1 aromatic carbocycles. The lowest BCUT2D eigenvalue weighted by Crippen LogP contribution is -2.27. The van der Waals surface area contributed by atoms with E-state index in [4.69, 9.17) is 4.74 Å². The van der Waals surface area contributed by atoms with Gasteiger partial charge in [0.1, 0.15) is 17.4 Å². The Hall–Kier alpha value is -3.07. The number of aromatic nitrogens is 1. The molecular weight excluding hydrogens is 368 g/mol. The van der Waals surface area contributed by atoms with Gasteiger partial charge in [-0.3, -0.25) is 14.2 Å². The Morgan fingerprint density at radius 3 is 2.38 bits per heavy atom. The number of aromatic hydroxyl groups is 1. The van der Waals surface area contributed by atoms with Crippen molar-refractivity contribution in [2.45, 2.75) is 59.4 Å². The number of benzene rings is 1. The predicted molar refractivity (Wildman–Crippen MR) is 112 cm³/mol. The van der Waals surface area contributed by atoms with Crippen LogP contribution in [0.2, 0.25) is 0 Å². The van der Waals surface area contributed by atoms with Crippen LogP contribution < -0.4 is 10.3 Å². The molecule has 0 fully saturated rings. The minimum Gasteiger partial charge on any atom is -0.494 e. The maximum absolute atomic E-state index is 13.1. The van der Waals surface area contributed by atoms with Gasteiger partial charge in [-0.25, -0.2) is 0 Å². The zero-order valence-electron chi connectivity index (χ0n) is 17.3. The summed E-state index contributed by atoms with van der Waals surface area (Å²) in [7, 11) is 0. The van der Waals surface area contributed by atoms with Crippen LogP contribution in [0.15, 0.2) is 29.1 Å². The number of unbranched alkanes of at least 4 members (excludes halogenated alkanes) is 3. The molecule has 0 spiro atoms. The van der Waals surface area contributed by atoms with E-state index in [0.29, 0.717) is 24.3 Å². The largest absolute Gasteiger partial charge is 0.494 e. The molecule has 1 heterocycles. The van der Waals surface area contributed by atoms with Gasteiger partial charge in [0.15, 0.2) is 5.78 Å². The first kappa shape index (κ1) is 22.2. The number of hydrogen-bond acceptors (Lipinski definition) is 5. The summed E-state index contributed by atoms with van der Waals surface area (Å²) in [5.74, 6) is -0.144. The number of carbonyl (C=O) groups excluding carboxylic acids is 1. The quantitative estimate of drug-likeness (QED) is 0.476. The second-order valence-electron chi connectivity index (χ2n) is 7.03. The Balaban J connectivity index is 2.42. The van der Waals surface area contributed by atoms with Gasteiger partial charge in [0.25, 0.3) is 5.56 Å². The highest BCUT2D eigenvalue weighted by molar-refractivity contribution is 6.11. The first-order valence-electron chi connectivity index (χ1n) is 10.1. The number of hydrogen-bond donors (Lipinski definition) is 1. The van der Waals surface area contributed by atoms with Crippen LogP contribution in [0.3, 0.4) is 0 Å². The summed E-state index contributed by atoms with van der Waals surface area (Å²) in [5, 5.41) is 20.1. The van der Waals surface area contributed by atoms with E-state index in [2.05, 4.69) is 6.92 Å². The van der Waals surface area contributed by atoms with Crippen LogP contribution in [0.25, 0.3) is 0 Å². The van der Waals surface area contributed by atoms with Gasteiger partial charge in [0.2, 0.25) is 5.88 Å². The standard InChI is InChI=1S/C23H28N2O4/c1-4-6-8-13-25-22(27)19(15-24)16(3)20(23(25)28)21(26)17-9-11-18(12-10-17)29-14-7-5-2/h9-12,28H,4-8,13-14H2,1-3H3. The molecule has 0 atom stereocenters. The first-order valence-corrected chi connectivity index (χ1v) is 10.1. The summed E-state index contributed by atoms with van der Waals surface area (Å²) in [4.78, 5) is 25.7. The van der Waals surface area contributed by atoms with Gasteiger partial charge in [-0.15, -0.1) is 0 Å². The predicted octanol–water partition coefficient (Wildman–Crippen LogP) is 4.33. The third-order valence-corrected chi connectivity index (χ3v) is 4.90. The number of nitrogens with zero attached hydrogens (tertiary/aromatic N) is 2. The lowest BCUT2D eigenvalue weighted by molar-refractivity contribution is 0.103. The van der Waals surface area contributed by atoms with E-state index in [0.717, 1.165) is 30.3 Å². The molecule has 0 saturated heterocycles. The molecular formula is C23H28N2O4. The molecule has 2 rings (SSSR count). The van der Waals surface area contributed by atoms with E-state index in [1.807, 2.05) is 13.0 Å². The second kappa shape index (κ2) is 10.5. The summed E-state index contributed by atoms with van der Waals surface area (Å²) < 4.78 is 6.75. The molecule has 0 aliphatic rings. The molecule has 1 N–H and O–H groups in total. The molecule has 0 aliphatic carbocycles. The molecule has 0 aliphatic heterocycles. The zero-order valence-corrected chi connectivity index (χ0v) is 17.3. The van der Waals surface area contributed by atoms with Crippen molar-refractivity contribution in [1.29, 1.82) is 5.26 Å². The molecule has 6 heteroatoms. The Kier molecular flexibility index (Phi) is 8.02. The highest BCUT2D eigenvalue weighted by Crippen LogP contribution is 2.26. The van der Waals surface area contributed by atoms with E-state index in [1.165, 1.54) is 6.92 Å². The van der Waals surface area contributed by atoms with Crippen LogP contribution >= 0.6 is 0 Å². The highest BCUT2D eigenvalue weighted by atomic mass is 16.5. The maximum atomic E-state index is 13.1. The van der Waals surface area contributed by atoms with E-state index in [9.17, 15) is 20.0 Å². The van der Waals surface area contributed by atoms with Crippen molar-refractivity contribution in [3.8, 4) is 17.7 Å². The van der Waals surface area contributed by atoms with Crippen LogP contribution in [0.4, 0.5) is 0 Å². The van der Waals surface area contributed by atoms with Crippen molar-refractivity contribution in [2.24, 2.45) is 0 Å². The van der Waals surface area contributed by atoms with Crippen molar-refractivity contribution in [3.05, 3.63) is 56.9 Å². The van der Waals surface area contributed by atoms with E-state index < -0.39 is 11.3 Å². The van der Waals surface area contributed by atoms with Crippen molar-refractivity contribution >= 4 is 5.78 Å². The van der Waals surface area contributed by atoms with Crippen molar-refractivity contribution in [1.82, 2.24) is 4.57 Å². The van der Waals surface area contributed by atoms with Gasteiger partial charge < -0.3 is 9.84 Å². The fourth-order valence-corrected chi connectivity index (χ4v) is 3.13. The van der Waals surface area contributed by atoms with Crippen LogP contribution in [-0.4, -0.2) is 22.1 Å². The average molecular weight is 396 g/mol. The van der Waals surface area contributed by atoms with Gasteiger partial charge in [-0.1, -0.05) is 33.1 Å². The highest BCUT2D eigenvalue weighted by Gasteiger charge is 2.24. The van der Waals surface area contributed by atoms with Crippen LogP contribution in [0.5, 0.6) is 11.6 Å². The summed E-state index contributed by atoms with van der Waals surface area (Å²) in [6.07, 6.45) is 4.49. The van der Waals surface area contributed by atoms with Gasteiger partial charge >= 0.3 is 0 Å². The molecule has 154 valence electrons. The van der Waals surface area contributed by atoms with Gasteiger partial charge in [0, 0.05) is 12.1 Å². The fraction of sp³-hybridized carbons (Fsp3) is 0.435. The Morgan fingerprint density at radius 1 is 1.14 bits per heavy atom. The number of carbonyl (C=O) groups is 1. The third-order valence-electron chi connectivity index (χ3n) is 4.90. The van der Waals surface area contributed by atoms with Gasteiger partial charge in [-0.2, -0.15) is 5.26 Å². The van der Waals surface area contributed by atoms with Crippen LogP contribution in [0.1, 0.15) is 73.0 Å². The maximum Gasteiger partial charge on any atom is 0.271 e. The minimum atomic E-state index is -0.560. The summed E-state index contributed by atoms with van der Waals surface area (Å²) in [6.45, 7) is 6.50. The average Bonchev–Trinajstić information content (AvgIpc) is 2.71. The molecule has 2 aromatic rings. The van der Waals surface area contributed by atoms with Crippen LogP contribution in [0, 0.1) is 18.3 Å². The number of pyridine rings is 1. The van der Waals surface area contributed by atoms with Crippen molar-refractivity contribution in [3.63, 3.8) is 0 Å². The molecule has 0 unspecified atom stereocenters. The Morgan fingerprint density at radius 2 is 1.79 bits per heavy atom. The number of rotatable bonds is 10. The van der Waals surface area contributed by atoms with E-state index in [-0.39, 0.29) is 29.1 Å². The molecule has 0 bridgehead atoms. The minimum absolute atomic E-state index is 0.00250. The Labute approximate surface area is 171 Å². The fourth-order valence-electron chi connectivity index (χ4n) is 3.13. The normalized spacial score (nSPS) is 10.6. The molecule has 0 amide bonds. The number of nitriles is 1. The lowest BCUT2D eigenvalue weighted by Gasteiger charge is -2.15. The molecule has 6 nitrogen and oxygen atoms in total. The SMILES string of the molecule is CCCCCn1c(O)c(C(=O)c2ccc(OCCCC)cc2)c(C)c(C#N)c1=O. The monoisotopic (exact) mass is 396 g/mol.